The minimum absolute atomic E-state index is 0.431. The first-order chi connectivity index (χ1) is 9.65. The third kappa shape index (κ3) is 3.51. The lowest BCUT2D eigenvalue weighted by molar-refractivity contribution is 0.236. The summed E-state index contributed by atoms with van der Waals surface area (Å²) in [6.45, 7) is 4.58. The van der Waals surface area contributed by atoms with Crippen LogP contribution in [0.1, 0.15) is 46.0 Å². The van der Waals surface area contributed by atoms with E-state index in [0.717, 1.165) is 11.5 Å². The van der Waals surface area contributed by atoms with Gasteiger partial charge in [0.25, 0.3) is 0 Å². The molecule has 3 nitrogen and oxygen atoms in total. The first-order valence-electron chi connectivity index (χ1n) is 8.04. The zero-order chi connectivity index (χ0) is 14.5. The Morgan fingerprint density at radius 1 is 1.40 bits per heavy atom. The third-order valence-corrected chi connectivity index (χ3v) is 4.87. The van der Waals surface area contributed by atoms with E-state index in [1.54, 1.807) is 7.05 Å². The Morgan fingerprint density at radius 3 is 2.80 bits per heavy atom. The van der Waals surface area contributed by atoms with Gasteiger partial charge < -0.3 is 11.1 Å². The van der Waals surface area contributed by atoms with E-state index >= 15 is 0 Å². The lowest BCUT2D eigenvalue weighted by atomic mass is 9.81. The van der Waals surface area contributed by atoms with Crippen LogP contribution in [0.4, 0.5) is 0 Å². The van der Waals surface area contributed by atoms with Gasteiger partial charge in [0.15, 0.2) is 0 Å². The van der Waals surface area contributed by atoms with Gasteiger partial charge in [-0.25, -0.2) is 0 Å². The van der Waals surface area contributed by atoms with Crippen LogP contribution < -0.4 is 11.1 Å². The van der Waals surface area contributed by atoms with Crippen LogP contribution in [0.2, 0.25) is 0 Å². The largest absolute Gasteiger partial charge is 0.384 e. The Kier molecular flexibility index (Phi) is 5.41. The number of rotatable bonds is 4. The highest BCUT2D eigenvalue weighted by atomic mass is 15.0. The van der Waals surface area contributed by atoms with Gasteiger partial charge in [0.1, 0.15) is 5.84 Å². The number of nitrogens with two attached hydrogens (primary N) is 1. The van der Waals surface area contributed by atoms with E-state index < -0.39 is 0 Å². The standard InChI is InChI=1S/C17H29N3/c1-4-13-7-5-6-8-16(13)20-15-10-9-14(11-12(15)2)17(18)19-3/h9-13,15-16,20H,4-8H2,1-3H3,(H2,18,19). The van der Waals surface area contributed by atoms with Crippen LogP contribution in [0.15, 0.2) is 28.8 Å². The van der Waals surface area contributed by atoms with Gasteiger partial charge in [-0.15, -0.1) is 0 Å². The van der Waals surface area contributed by atoms with E-state index in [-0.39, 0.29) is 0 Å². The highest BCUT2D eigenvalue weighted by Crippen LogP contribution is 2.28. The second kappa shape index (κ2) is 7.07. The molecule has 3 heteroatoms. The maximum absolute atomic E-state index is 5.89. The zero-order valence-electron chi connectivity index (χ0n) is 13.1. The van der Waals surface area contributed by atoms with Crippen molar-refractivity contribution >= 4 is 5.84 Å². The van der Waals surface area contributed by atoms with Gasteiger partial charge in [0.2, 0.25) is 0 Å². The maximum Gasteiger partial charge on any atom is 0.125 e. The van der Waals surface area contributed by atoms with Crippen molar-refractivity contribution in [2.24, 2.45) is 22.6 Å². The predicted octanol–water partition coefficient (Wildman–Crippen LogP) is 3.03. The molecular formula is C17H29N3. The molecule has 0 heterocycles. The maximum atomic E-state index is 5.89. The summed E-state index contributed by atoms with van der Waals surface area (Å²) in [5, 5.41) is 3.87. The fourth-order valence-electron chi connectivity index (χ4n) is 3.50. The Morgan fingerprint density at radius 2 is 2.15 bits per heavy atom. The van der Waals surface area contributed by atoms with Crippen LogP contribution >= 0.6 is 0 Å². The van der Waals surface area contributed by atoms with Gasteiger partial charge in [-0.05, 0) is 24.7 Å². The molecule has 2 aliphatic carbocycles. The van der Waals surface area contributed by atoms with Crippen molar-refractivity contribution in [2.45, 2.75) is 58.0 Å². The van der Waals surface area contributed by atoms with E-state index in [0.29, 0.717) is 23.8 Å². The van der Waals surface area contributed by atoms with Crippen LogP contribution in [0.3, 0.4) is 0 Å². The molecule has 20 heavy (non-hydrogen) atoms. The van der Waals surface area contributed by atoms with Crippen molar-refractivity contribution in [1.82, 2.24) is 5.32 Å². The number of nitrogens with zero attached hydrogens (tertiary/aromatic N) is 1. The molecule has 0 bridgehead atoms. The van der Waals surface area contributed by atoms with Crippen LogP contribution in [-0.2, 0) is 0 Å². The van der Waals surface area contributed by atoms with Gasteiger partial charge in [0.05, 0.1) is 0 Å². The van der Waals surface area contributed by atoms with Crippen LogP contribution in [0.25, 0.3) is 0 Å². The normalized spacial score (nSPS) is 35.0. The molecule has 2 aliphatic rings. The molecule has 112 valence electrons. The quantitative estimate of drug-likeness (QED) is 0.612. The summed E-state index contributed by atoms with van der Waals surface area (Å²) in [6.07, 6.45) is 13.4. The molecular weight excluding hydrogens is 246 g/mol. The molecule has 0 spiro atoms. The molecule has 0 radical (unpaired) electrons. The second-order valence-electron chi connectivity index (χ2n) is 6.20. The fraction of sp³-hybridized carbons (Fsp3) is 0.706. The first-order valence-corrected chi connectivity index (χ1v) is 8.04. The van der Waals surface area contributed by atoms with Gasteiger partial charge in [0, 0.05) is 24.7 Å². The summed E-state index contributed by atoms with van der Waals surface area (Å²) in [5.74, 6) is 1.95. The monoisotopic (exact) mass is 275 g/mol. The summed E-state index contributed by atoms with van der Waals surface area (Å²) < 4.78 is 0. The van der Waals surface area contributed by atoms with Crippen molar-refractivity contribution in [3.05, 3.63) is 23.8 Å². The Bertz CT molecular complexity index is 408. The molecule has 0 aromatic rings. The van der Waals surface area contributed by atoms with Crippen LogP contribution in [-0.4, -0.2) is 25.0 Å². The molecule has 2 rings (SSSR count). The van der Waals surface area contributed by atoms with Crippen molar-refractivity contribution < 1.29 is 0 Å². The molecule has 1 fully saturated rings. The van der Waals surface area contributed by atoms with E-state index in [1.807, 2.05) is 0 Å². The lowest BCUT2D eigenvalue weighted by Gasteiger charge is -2.36. The summed E-state index contributed by atoms with van der Waals surface area (Å²) in [6, 6.07) is 1.11. The smallest absolute Gasteiger partial charge is 0.125 e. The van der Waals surface area contributed by atoms with Gasteiger partial charge in [-0.1, -0.05) is 51.3 Å². The highest BCUT2D eigenvalue weighted by molar-refractivity contribution is 5.99. The van der Waals surface area contributed by atoms with Crippen LogP contribution in [0.5, 0.6) is 0 Å². The number of nitrogens with one attached hydrogen (secondary N) is 1. The van der Waals surface area contributed by atoms with Crippen molar-refractivity contribution in [3.63, 3.8) is 0 Å². The number of hydrogen-bond acceptors (Lipinski definition) is 2. The summed E-state index contributed by atoms with van der Waals surface area (Å²) in [5.41, 5.74) is 6.96. The van der Waals surface area contributed by atoms with Gasteiger partial charge in [-0.3, -0.25) is 4.99 Å². The van der Waals surface area contributed by atoms with Gasteiger partial charge >= 0.3 is 0 Å². The second-order valence-corrected chi connectivity index (χ2v) is 6.20. The van der Waals surface area contributed by atoms with Crippen molar-refractivity contribution in [2.75, 3.05) is 7.05 Å². The Labute approximate surface area is 123 Å². The first kappa shape index (κ1) is 15.3. The topological polar surface area (TPSA) is 50.4 Å². The van der Waals surface area contributed by atoms with E-state index in [2.05, 4.69) is 42.4 Å². The molecule has 0 saturated heterocycles. The average Bonchev–Trinajstić information content (AvgIpc) is 2.49. The zero-order valence-corrected chi connectivity index (χ0v) is 13.1. The van der Waals surface area contributed by atoms with Crippen LogP contribution in [0, 0.1) is 11.8 Å². The highest BCUT2D eigenvalue weighted by Gasteiger charge is 2.27. The van der Waals surface area contributed by atoms with Gasteiger partial charge in [-0.2, -0.15) is 0 Å². The molecule has 0 amide bonds. The Balaban J connectivity index is 1.98. The number of amidine groups is 1. The predicted molar refractivity (Wildman–Crippen MR) is 86.9 cm³/mol. The molecule has 0 aliphatic heterocycles. The summed E-state index contributed by atoms with van der Waals surface area (Å²) in [4.78, 5) is 4.07. The summed E-state index contributed by atoms with van der Waals surface area (Å²) in [7, 11) is 1.74. The van der Waals surface area contributed by atoms with Crippen molar-refractivity contribution in [1.29, 1.82) is 0 Å². The van der Waals surface area contributed by atoms with E-state index in [4.69, 9.17) is 5.73 Å². The lowest BCUT2D eigenvalue weighted by Crippen LogP contribution is -2.46. The third-order valence-electron chi connectivity index (χ3n) is 4.87. The number of hydrogen-bond donors (Lipinski definition) is 2. The fourth-order valence-corrected chi connectivity index (χ4v) is 3.50. The Hall–Kier alpha value is -1.09. The van der Waals surface area contributed by atoms with Crippen molar-refractivity contribution in [3.8, 4) is 0 Å². The van der Waals surface area contributed by atoms with E-state index in [9.17, 15) is 0 Å². The molecule has 0 aromatic carbocycles. The molecule has 3 N–H and O–H groups in total. The molecule has 0 aromatic heterocycles. The average molecular weight is 275 g/mol. The SMILES string of the molecule is CCC1CCCCC1NC1C=CC(C(N)=NC)=CC1C. The van der Waals surface area contributed by atoms with E-state index in [1.165, 1.54) is 32.1 Å². The minimum Gasteiger partial charge on any atom is -0.384 e. The molecule has 4 unspecified atom stereocenters. The number of aliphatic imine (C=N–C) groups is 1. The molecule has 1 saturated carbocycles. The summed E-state index contributed by atoms with van der Waals surface area (Å²) >= 11 is 0. The minimum atomic E-state index is 0.431. The molecule has 4 atom stereocenters.